The van der Waals surface area contributed by atoms with Crippen molar-refractivity contribution < 1.29 is 22.7 Å². The standard InChI is InChI=1S/C32H36N2O5S/c1-3-39-30-7-5-4-6-29(30)24-10-13-31-26(20-24)21-25(16-19-40(31,36)37)32(35)33-27-11-8-23(9-12-27)22-34(2)28-14-17-38-18-15-28/h4-13,20-21,28H,3,14-19,22H2,1-2H3,(H,33,35). The third-order valence-corrected chi connectivity index (χ3v) is 9.35. The Kier molecular flexibility index (Phi) is 8.69. The van der Waals surface area contributed by atoms with E-state index in [0.29, 0.717) is 29.5 Å². The molecule has 3 aromatic carbocycles. The van der Waals surface area contributed by atoms with Gasteiger partial charge in [-0.1, -0.05) is 36.4 Å². The fraction of sp³-hybridized carbons (Fsp3) is 0.344. The Hall–Kier alpha value is -3.46. The number of hydrogen-bond acceptors (Lipinski definition) is 6. The number of anilines is 1. The van der Waals surface area contributed by atoms with E-state index < -0.39 is 9.84 Å². The molecule has 2 aliphatic heterocycles. The maximum atomic E-state index is 13.3. The van der Waals surface area contributed by atoms with Crippen LogP contribution < -0.4 is 10.1 Å². The molecule has 0 radical (unpaired) electrons. The summed E-state index contributed by atoms with van der Waals surface area (Å²) >= 11 is 0. The number of carbonyl (C=O) groups excluding carboxylic acids is 1. The number of sulfone groups is 1. The van der Waals surface area contributed by atoms with Crippen molar-refractivity contribution in [2.24, 2.45) is 0 Å². The van der Waals surface area contributed by atoms with E-state index in [-0.39, 0.29) is 23.0 Å². The number of nitrogens with one attached hydrogen (secondary N) is 1. The molecule has 8 heteroatoms. The fourth-order valence-electron chi connectivity index (χ4n) is 5.34. The molecule has 210 valence electrons. The molecule has 2 heterocycles. The first kappa shape index (κ1) is 28.1. The van der Waals surface area contributed by atoms with Gasteiger partial charge in [-0.05, 0) is 86.3 Å². The summed E-state index contributed by atoms with van der Waals surface area (Å²) in [4.78, 5) is 15.9. The lowest BCUT2D eigenvalue weighted by atomic mass is 10.0. The smallest absolute Gasteiger partial charge is 0.251 e. The summed E-state index contributed by atoms with van der Waals surface area (Å²) in [5.74, 6) is 0.312. The second-order valence-corrected chi connectivity index (χ2v) is 12.4. The Labute approximate surface area is 236 Å². The maximum Gasteiger partial charge on any atom is 0.251 e. The van der Waals surface area contributed by atoms with Crippen LogP contribution in [0.4, 0.5) is 5.69 Å². The number of fused-ring (bicyclic) bond motifs is 1. The molecule has 5 rings (SSSR count). The molecule has 0 saturated carbocycles. The highest BCUT2D eigenvalue weighted by Gasteiger charge is 2.25. The van der Waals surface area contributed by atoms with Crippen LogP contribution >= 0.6 is 0 Å². The van der Waals surface area contributed by atoms with Gasteiger partial charge >= 0.3 is 0 Å². The van der Waals surface area contributed by atoms with Crippen LogP contribution in [0.25, 0.3) is 17.2 Å². The molecular formula is C32H36N2O5S. The zero-order valence-corrected chi connectivity index (χ0v) is 23.9. The van der Waals surface area contributed by atoms with Crippen molar-refractivity contribution in [3.63, 3.8) is 0 Å². The van der Waals surface area contributed by atoms with Gasteiger partial charge in [-0.2, -0.15) is 0 Å². The Balaban J connectivity index is 1.34. The van der Waals surface area contributed by atoms with Crippen LogP contribution in [0, 0.1) is 0 Å². The molecule has 1 N–H and O–H groups in total. The minimum absolute atomic E-state index is 0.119. The third kappa shape index (κ3) is 6.46. The first-order chi connectivity index (χ1) is 19.3. The minimum atomic E-state index is -3.54. The normalized spacial score (nSPS) is 17.0. The van der Waals surface area contributed by atoms with Crippen molar-refractivity contribution in [3.05, 3.63) is 83.4 Å². The topological polar surface area (TPSA) is 84.9 Å². The zero-order valence-electron chi connectivity index (χ0n) is 23.1. The van der Waals surface area contributed by atoms with Crippen molar-refractivity contribution >= 4 is 27.5 Å². The van der Waals surface area contributed by atoms with E-state index in [1.807, 2.05) is 61.5 Å². The molecule has 7 nitrogen and oxygen atoms in total. The second-order valence-electron chi connectivity index (χ2n) is 10.3. The number of benzene rings is 3. The fourth-order valence-corrected chi connectivity index (χ4v) is 6.80. The van der Waals surface area contributed by atoms with Gasteiger partial charge in [0.05, 0.1) is 17.3 Å². The van der Waals surface area contributed by atoms with E-state index in [9.17, 15) is 13.2 Å². The minimum Gasteiger partial charge on any atom is -0.493 e. The SMILES string of the molecule is CCOc1ccccc1-c1ccc2c(c1)C=C(C(=O)Nc1ccc(CN(C)C3CCOCC3)cc1)CCS2(=O)=O. The zero-order chi connectivity index (χ0) is 28.1. The van der Waals surface area contributed by atoms with Gasteiger partial charge in [-0.3, -0.25) is 9.69 Å². The summed E-state index contributed by atoms with van der Waals surface area (Å²) in [6, 6.07) is 21.3. The molecule has 0 spiro atoms. The molecule has 1 saturated heterocycles. The van der Waals surface area contributed by atoms with Crippen molar-refractivity contribution in [2.75, 3.05) is 37.9 Å². The lowest BCUT2D eigenvalue weighted by Crippen LogP contribution is -2.36. The van der Waals surface area contributed by atoms with Gasteiger partial charge in [0.15, 0.2) is 9.84 Å². The molecule has 0 bridgehead atoms. The number of para-hydroxylation sites is 1. The predicted octanol–water partition coefficient (Wildman–Crippen LogP) is 5.56. The molecule has 1 fully saturated rings. The van der Waals surface area contributed by atoms with Gasteiger partial charge < -0.3 is 14.8 Å². The number of ether oxygens (including phenoxy) is 2. The monoisotopic (exact) mass is 560 g/mol. The molecule has 0 aliphatic carbocycles. The highest BCUT2D eigenvalue weighted by atomic mass is 32.2. The Bertz CT molecular complexity index is 1490. The maximum absolute atomic E-state index is 13.3. The third-order valence-electron chi connectivity index (χ3n) is 7.56. The highest BCUT2D eigenvalue weighted by Crippen LogP contribution is 2.35. The molecular weight excluding hydrogens is 524 g/mol. The van der Waals surface area contributed by atoms with Crippen molar-refractivity contribution in [1.29, 1.82) is 0 Å². The average Bonchev–Trinajstić information content (AvgIpc) is 3.10. The van der Waals surface area contributed by atoms with Gasteiger partial charge in [0.2, 0.25) is 0 Å². The lowest BCUT2D eigenvalue weighted by Gasteiger charge is -2.31. The molecule has 3 aromatic rings. The lowest BCUT2D eigenvalue weighted by molar-refractivity contribution is -0.112. The number of nitrogens with zero attached hydrogens (tertiary/aromatic N) is 1. The first-order valence-corrected chi connectivity index (χ1v) is 15.5. The van der Waals surface area contributed by atoms with Crippen LogP contribution in [-0.4, -0.2) is 57.9 Å². The molecule has 0 aromatic heterocycles. The number of amides is 1. The summed E-state index contributed by atoms with van der Waals surface area (Å²) in [6.45, 7) is 4.89. The highest BCUT2D eigenvalue weighted by molar-refractivity contribution is 7.91. The van der Waals surface area contributed by atoms with Crippen molar-refractivity contribution in [2.45, 2.75) is 43.7 Å². The summed E-state index contributed by atoms with van der Waals surface area (Å²) in [6.07, 6.45) is 3.93. The van der Waals surface area contributed by atoms with Crippen molar-refractivity contribution in [3.8, 4) is 16.9 Å². The van der Waals surface area contributed by atoms with Gasteiger partial charge in [0.25, 0.3) is 5.91 Å². The van der Waals surface area contributed by atoms with Crippen LogP contribution in [0.3, 0.4) is 0 Å². The van der Waals surface area contributed by atoms with Gasteiger partial charge in [-0.25, -0.2) is 8.42 Å². The molecule has 0 unspecified atom stereocenters. The Morgan fingerprint density at radius 3 is 2.55 bits per heavy atom. The number of hydrogen-bond donors (Lipinski definition) is 1. The average molecular weight is 561 g/mol. The predicted molar refractivity (Wildman–Crippen MR) is 158 cm³/mol. The summed E-state index contributed by atoms with van der Waals surface area (Å²) in [7, 11) is -1.40. The summed E-state index contributed by atoms with van der Waals surface area (Å²) in [5, 5.41) is 2.96. The van der Waals surface area contributed by atoms with E-state index in [1.165, 1.54) is 5.56 Å². The van der Waals surface area contributed by atoms with Gasteiger partial charge in [0, 0.05) is 42.6 Å². The van der Waals surface area contributed by atoms with Crippen LogP contribution in [0.5, 0.6) is 5.75 Å². The van der Waals surface area contributed by atoms with Gasteiger partial charge in [-0.15, -0.1) is 0 Å². The Morgan fingerprint density at radius 2 is 1.80 bits per heavy atom. The Morgan fingerprint density at radius 1 is 1.05 bits per heavy atom. The largest absolute Gasteiger partial charge is 0.493 e. The van der Waals surface area contributed by atoms with Crippen LogP contribution in [-0.2, 0) is 25.9 Å². The first-order valence-electron chi connectivity index (χ1n) is 13.8. The van der Waals surface area contributed by atoms with E-state index in [0.717, 1.165) is 49.5 Å². The molecule has 2 aliphatic rings. The van der Waals surface area contributed by atoms with E-state index in [4.69, 9.17) is 9.47 Å². The van der Waals surface area contributed by atoms with Crippen LogP contribution in [0.2, 0.25) is 0 Å². The summed E-state index contributed by atoms with van der Waals surface area (Å²) in [5.41, 5.74) is 4.49. The molecule has 40 heavy (non-hydrogen) atoms. The quantitative estimate of drug-likeness (QED) is 0.388. The second kappa shape index (κ2) is 12.4. The van der Waals surface area contributed by atoms with Crippen LogP contribution in [0.15, 0.2) is 77.2 Å². The molecule has 0 atom stereocenters. The van der Waals surface area contributed by atoms with E-state index in [2.05, 4.69) is 17.3 Å². The number of carbonyl (C=O) groups is 1. The van der Waals surface area contributed by atoms with Gasteiger partial charge in [0.1, 0.15) is 5.75 Å². The molecule has 1 amide bonds. The number of rotatable bonds is 8. The van der Waals surface area contributed by atoms with E-state index >= 15 is 0 Å². The summed E-state index contributed by atoms with van der Waals surface area (Å²) < 4.78 is 37.4. The van der Waals surface area contributed by atoms with Crippen LogP contribution in [0.1, 0.15) is 37.3 Å². The van der Waals surface area contributed by atoms with E-state index in [1.54, 1.807) is 18.2 Å². The van der Waals surface area contributed by atoms with Crippen molar-refractivity contribution in [1.82, 2.24) is 4.90 Å².